The van der Waals surface area contributed by atoms with Crippen molar-refractivity contribution in [3.8, 4) is 0 Å². The average molecular weight is 224 g/mol. The van der Waals surface area contributed by atoms with E-state index in [1.54, 1.807) is 0 Å². The van der Waals surface area contributed by atoms with Crippen LogP contribution in [0.1, 0.15) is 38.3 Å². The van der Waals surface area contributed by atoms with Crippen molar-refractivity contribution in [3.05, 3.63) is 12.0 Å². The predicted octanol–water partition coefficient (Wildman–Crippen LogP) is 2.18. The minimum atomic E-state index is -0.0580. The lowest BCUT2D eigenvalue weighted by molar-refractivity contribution is 0.276. The Kier molecular flexibility index (Phi) is 3.49. The van der Waals surface area contributed by atoms with Crippen LogP contribution >= 0.6 is 0 Å². The van der Waals surface area contributed by atoms with Gasteiger partial charge in [-0.1, -0.05) is 19.8 Å². The van der Waals surface area contributed by atoms with Gasteiger partial charge >= 0.3 is 0 Å². The average Bonchev–Trinajstić information content (AvgIpc) is 2.77. The molecule has 2 atom stereocenters. The Balaban J connectivity index is 2.07. The van der Waals surface area contributed by atoms with Gasteiger partial charge in [-0.2, -0.15) is 4.98 Å². The molecule has 90 valence electrons. The van der Waals surface area contributed by atoms with Crippen LogP contribution in [0, 0.1) is 5.92 Å². The summed E-state index contributed by atoms with van der Waals surface area (Å²) in [5.74, 6) is 0.684. The Bertz CT molecular complexity index is 338. The molecule has 0 bridgehead atoms. The van der Waals surface area contributed by atoms with Gasteiger partial charge in [0.05, 0.1) is 6.61 Å². The molecule has 1 heterocycles. The lowest BCUT2D eigenvalue weighted by Crippen LogP contribution is -2.39. The van der Waals surface area contributed by atoms with E-state index in [1.165, 1.54) is 31.9 Å². The van der Waals surface area contributed by atoms with E-state index in [4.69, 9.17) is 9.52 Å². The molecule has 1 aliphatic rings. The quantitative estimate of drug-likeness (QED) is 0.855. The first-order valence-electron chi connectivity index (χ1n) is 6.00. The van der Waals surface area contributed by atoms with Gasteiger partial charge in [0.2, 0.25) is 0 Å². The fraction of sp³-hybridized carbons (Fsp3) is 0.750. The summed E-state index contributed by atoms with van der Waals surface area (Å²) in [5, 5.41) is 8.95. The Morgan fingerprint density at radius 1 is 1.50 bits per heavy atom. The molecule has 0 amide bonds. The van der Waals surface area contributed by atoms with Crippen molar-refractivity contribution in [3.63, 3.8) is 0 Å². The lowest BCUT2D eigenvalue weighted by Gasteiger charge is -2.35. The summed E-state index contributed by atoms with van der Waals surface area (Å²) in [5.41, 5.74) is 0.602. The molecule has 0 saturated heterocycles. The van der Waals surface area contributed by atoms with E-state index >= 15 is 0 Å². The van der Waals surface area contributed by atoms with Crippen molar-refractivity contribution >= 4 is 6.01 Å². The van der Waals surface area contributed by atoms with Crippen molar-refractivity contribution in [2.75, 3.05) is 11.9 Å². The number of aliphatic hydroxyl groups excluding tert-OH is 1. The van der Waals surface area contributed by atoms with E-state index in [1.807, 2.05) is 7.05 Å². The van der Waals surface area contributed by atoms with Gasteiger partial charge in [-0.3, -0.25) is 0 Å². The van der Waals surface area contributed by atoms with Crippen LogP contribution in [0.5, 0.6) is 0 Å². The molecular formula is C12H20N2O2. The lowest BCUT2D eigenvalue weighted by atomic mass is 9.85. The number of hydrogen-bond donors (Lipinski definition) is 1. The summed E-state index contributed by atoms with van der Waals surface area (Å²) >= 11 is 0. The van der Waals surface area contributed by atoms with E-state index in [9.17, 15) is 0 Å². The molecule has 1 aliphatic carbocycles. The Morgan fingerprint density at radius 3 is 2.88 bits per heavy atom. The minimum absolute atomic E-state index is 0.0580. The van der Waals surface area contributed by atoms with Gasteiger partial charge in [0, 0.05) is 13.1 Å². The van der Waals surface area contributed by atoms with Crippen molar-refractivity contribution in [2.24, 2.45) is 5.92 Å². The highest BCUT2D eigenvalue weighted by atomic mass is 16.4. The van der Waals surface area contributed by atoms with Crippen LogP contribution in [-0.4, -0.2) is 23.2 Å². The molecule has 1 saturated carbocycles. The van der Waals surface area contributed by atoms with Gasteiger partial charge < -0.3 is 14.4 Å². The second-order valence-corrected chi connectivity index (χ2v) is 4.72. The molecule has 1 aromatic heterocycles. The summed E-state index contributed by atoms with van der Waals surface area (Å²) in [6.07, 6.45) is 6.63. The van der Waals surface area contributed by atoms with Crippen LogP contribution < -0.4 is 4.90 Å². The summed E-state index contributed by atoms with van der Waals surface area (Å²) in [6.45, 7) is 2.23. The normalized spacial score (nSPS) is 25.7. The van der Waals surface area contributed by atoms with Crippen molar-refractivity contribution in [2.45, 2.75) is 45.3 Å². The molecule has 1 N–H and O–H groups in total. The predicted molar refractivity (Wildman–Crippen MR) is 62.2 cm³/mol. The molecule has 0 radical (unpaired) electrons. The third kappa shape index (κ3) is 2.21. The van der Waals surface area contributed by atoms with Gasteiger partial charge in [0.15, 0.2) is 0 Å². The first-order chi connectivity index (χ1) is 7.72. The summed E-state index contributed by atoms with van der Waals surface area (Å²) in [4.78, 5) is 6.36. The van der Waals surface area contributed by atoms with Gasteiger partial charge in [0.1, 0.15) is 12.0 Å². The monoisotopic (exact) mass is 224 g/mol. The SMILES string of the molecule is CC1CCCCC1N(C)c1nc(CO)co1. The topological polar surface area (TPSA) is 49.5 Å². The molecule has 0 spiro atoms. The molecule has 0 aliphatic heterocycles. The van der Waals surface area contributed by atoms with Crippen LogP contribution in [0.3, 0.4) is 0 Å². The zero-order chi connectivity index (χ0) is 11.5. The number of rotatable bonds is 3. The van der Waals surface area contributed by atoms with E-state index < -0.39 is 0 Å². The van der Waals surface area contributed by atoms with Crippen molar-refractivity contribution in [1.82, 2.24) is 4.98 Å². The Hall–Kier alpha value is -1.03. The second kappa shape index (κ2) is 4.87. The van der Waals surface area contributed by atoms with Crippen LogP contribution in [0.15, 0.2) is 10.7 Å². The number of nitrogens with zero attached hydrogens (tertiary/aromatic N) is 2. The zero-order valence-electron chi connectivity index (χ0n) is 10.0. The highest BCUT2D eigenvalue weighted by Crippen LogP contribution is 2.29. The first kappa shape index (κ1) is 11.5. The van der Waals surface area contributed by atoms with E-state index in [0.717, 1.165) is 0 Å². The third-order valence-electron chi connectivity index (χ3n) is 3.57. The molecule has 2 unspecified atom stereocenters. The smallest absolute Gasteiger partial charge is 0.297 e. The standard InChI is InChI=1S/C12H20N2O2/c1-9-5-3-4-6-11(9)14(2)12-13-10(7-15)8-16-12/h8-9,11,15H,3-7H2,1-2H3. The van der Waals surface area contributed by atoms with E-state index in [0.29, 0.717) is 23.7 Å². The van der Waals surface area contributed by atoms with Gasteiger partial charge in [-0.05, 0) is 18.8 Å². The number of oxazole rings is 1. The first-order valence-corrected chi connectivity index (χ1v) is 6.00. The van der Waals surface area contributed by atoms with Crippen molar-refractivity contribution < 1.29 is 9.52 Å². The van der Waals surface area contributed by atoms with Crippen LogP contribution in [0.2, 0.25) is 0 Å². The number of aromatic nitrogens is 1. The highest BCUT2D eigenvalue weighted by Gasteiger charge is 2.27. The van der Waals surface area contributed by atoms with Crippen LogP contribution in [-0.2, 0) is 6.61 Å². The maximum Gasteiger partial charge on any atom is 0.297 e. The van der Waals surface area contributed by atoms with E-state index in [2.05, 4.69) is 16.8 Å². The fourth-order valence-corrected chi connectivity index (χ4v) is 2.54. The molecular weight excluding hydrogens is 204 g/mol. The number of anilines is 1. The Morgan fingerprint density at radius 2 is 2.25 bits per heavy atom. The highest BCUT2D eigenvalue weighted by molar-refractivity contribution is 5.28. The minimum Gasteiger partial charge on any atom is -0.432 e. The maximum atomic E-state index is 8.95. The van der Waals surface area contributed by atoms with E-state index in [-0.39, 0.29) is 6.61 Å². The van der Waals surface area contributed by atoms with Crippen LogP contribution in [0.25, 0.3) is 0 Å². The molecule has 16 heavy (non-hydrogen) atoms. The third-order valence-corrected chi connectivity index (χ3v) is 3.57. The molecule has 2 rings (SSSR count). The van der Waals surface area contributed by atoms with Crippen LogP contribution in [0.4, 0.5) is 6.01 Å². The van der Waals surface area contributed by atoms with Gasteiger partial charge in [-0.15, -0.1) is 0 Å². The number of hydrogen-bond acceptors (Lipinski definition) is 4. The van der Waals surface area contributed by atoms with Gasteiger partial charge in [-0.25, -0.2) is 0 Å². The van der Waals surface area contributed by atoms with Gasteiger partial charge in [0.25, 0.3) is 6.01 Å². The summed E-state index contributed by atoms with van der Waals surface area (Å²) < 4.78 is 5.37. The maximum absolute atomic E-state index is 8.95. The second-order valence-electron chi connectivity index (χ2n) is 4.72. The number of aliphatic hydroxyl groups is 1. The fourth-order valence-electron chi connectivity index (χ4n) is 2.54. The Labute approximate surface area is 96.3 Å². The summed E-state index contributed by atoms with van der Waals surface area (Å²) in [6, 6.07) is 1.14. The molecule has 1 aromatic rings. The van der Waals surface area contributed by atoms with Crippen molar-refractivity contribution in [1.29, 1.82) is 0 Å². The largest absolute Gasteiger partial charge is 0.432 e. The molecule has 1 fully saturated rings. The molecule has 4 heteroatoms. The molecule has 0 aromatic carbocycles. The molecule has 4 nitrogen and oxygen atoms in total. The zero-order valence-corrected chi connectivity index (χ0v) is 10.0. The summed E-state index contributed by atoms with van der Waals surface area (Å²) in [7, 11) is 2.03.